The summed E-state index contributed by atoms with van der Waals surface area (Å²) in [6, 6.07) is 0. The quantitative estimate of drug-likeness (QED) is 0.348. The normalized spacial score (nSPS) is 9.47. The van der Waals surface area contributed by atoms with Gasteiger partial charge in [0.05, 0.1) is 5.75 Å². The summed E-state index contributed by atoms with van der Waals surface area (Å²) in [7, 11) is -3.91. The van der Waals surface area contributed by atoms with E-state index in [-0.39, 0.29) is 24.6 Å². The number of hydrogen-bond acceptors (Lipinski definition) is 4. The van der Waals surface area contributed by atoms with E-state index in [0.717, 1.165) is 12.2 Å². The molecule has 98 valence electrons. The van der Waals surface area contributed by atoms with Crippen LogP contribution in [0.4, 0.5) is 0 Å². The average molecular weight is 265 g/mol. The highest BCUT2D eigenvalue weighted by Crippen LogP contribution is 1.86. The Morgan fingerprint density at radius 3 is 2.00 bits per heavy atom. The maximum absolute atomic E-state index is 10.5. The third kappa shape index (κ3) is 20.4. The zero-order chi connectivity index (χ0) is 13.9. The lowest BCUT2D eigenvalue weighted by Gasteiger charge is -1.99. The minimum atomic E-state index is -3.91. The van der Waals surface area contributed by atoms with Gasteiger partial charge in [0.2, 0.25) is 5.91 Å². The van der Waals surface area contributed by atoms with Gasteiger partial charge in [-0.25, -0.2) is 4.79 Å². The molecule has 0 saturated heterocycles. The van der Waals surface area contributed by atoms with Gasteiger partial charge in [0.15, 0.2) is 0 Å². The summed E-state index contributed by atoms with van der Waals surface area (Å²) in [5.74, 6) is -1.68. The Balaban J connectivity index is 0. The standard InChI is InChI=1S/C6H11NO4S.C3H4O2/c1-2-6(8)7-4-3-5-12(9,10)11;1-2-3(4)5/h2H,1,3-5H2,(H,7,8)(H,9,10,11);2H,1H2,(H,4,5). The minimum Gasteiger partial charge on any atom is -0.478 e. The van der Waals surface area contributed by atoms with E-state index in [1.54, 1.807) is 0 Å². The number of carboxylic acids is 1. The Kier molecular flexibility index (Phi) is 9.95. The molecule has 8 heteroatoms. The van der Waals surface area contributed by atoms with Gasteiger partial charge in [-0.1, -0.05) is 13.2 Å². The van der Waals surface area contributed by atoms with Crippen molar-refractivity contribution >= 4 is 22.0 Å². The van der Waals surface area contributed by atoms with E-state index in [9.17, 15) is 18.0 Å². The van der Waals surface area contributed by atoms with Gasteiger partial charge in [0, 0.05) is 12.6 Å². The molecule has 0 saturated carbocycles. The van der Waals surface area contributed by atoms with E-state index in [1.807, 2.05) is 0 Å². The molecule has 0 aromatic carbocycles. The van der Waals surface area contributed by atoms with Crippen molar-refractivity contribution in [1.82, 2.24) is 5.32 Å². The fourth-order valence-electron chi connectivity index (χ4n) is 0.538. The van der Waals surface area contributed by atoms with Crippen molar-refractivity contribution in [2.75, 3.05) is 12.3 Å². The molecule has 0 atom stereocenters. The summed E-state index contributed by atoms with van der Waals surface area (Å²) in [6.45, 7) is 6.38. The maximum atomic E-state index is 10.5. The van der Waals surface area contributed by atoms with Crippen LogP contribution in [0.2, 0.25) is 0 Å². The van der Waals surface area contributed by atoms with Crippen molar-refractivity contribution in [3.05, 3.63) is 25.3 Å². The third-order valence-corrected chi connectivity index (χ3v) is 2.04. The average Bonchev–Trinajstić information content (AvgIpc) is 2.23. The van der Waals surface area contributed by atoms with Crippen molar-refractivity contribution < 1.29 is 27.7 Å². The second-order valence-electron chi connectivity index (χ2n) is 2.68. The van der Waals surface area contributed by atoms with Crippen molar-refractivity contribution in [2.24, 2.45) is 0 Å². The van der Waals surface area contributed by atoms with Crippen molar-refractivity contribution in [3.63, 3.8) is 0 Å². The number of nitrogens with one attached hydrogen (secondary N) is 1. The second kappa shape index (κ2) is 9.55. The van der Waals surface area contributed by atoms with Gasteiger partial charge in [-0.15, -0.1) is 0 Å². The molecule has 1 amide bonds. The smallest absolute Gasteiger partial charge is 0.327 e. The summed E-state index contributed by atoms with van der Waals surface area (Å²) in [5.41, 5.74) is 0. The van der Waals surface area contributed by atoms with Crippen LogP contribution >= 0.6 is 0 Å². The van der Waals surface area contributed by atoms with Crippen LogP contribution in [0.25, 0.3) is 0 Å². The van der Waals surface area contributed by atoms with Crippen molar-refractivity contribution in [2.45, 2.75) is 6.42 Å². The van der Waals surface area contributed by atoms with Crippen LogP contribution in [0, 0.1) is 0 Å². The zero-order valence-electron chi connectivity index (χ0n) is 9.13. The molecule has 0 aliphatic rings. The molecule has 0 bridgehead atoms. The van der Waals surface area contributed by atoms with E-state index >= 15 is 0 Å². The van der Waals surface area contributed by atoms with Crippen LogP contribution in [0.1, 0.15) is 6.42 Å². The Hall–Kier alpha value is -1.67. The first-order valence-corrected chi connectivity index (χ1v) is 6.04. The molecule has 3 N–H and O–H groups in total. The number of rotatable bonds is 6. The number of carbonyl (C=O) groups excluding carboxylic acids is 1. The van der Waals surface area contributed by atoms with Gasteiger partial charge < -0.3 is 10.4 Å². The SMILES string of the molecule is C=CC(=O)NCCCS(=O)(=O)O.C=CC(=O)O. The van der Waals surface area contributed by atoms with E-state index in [2.05, 4.69) is 18.5 Å². The molecule has 17 heavy (non-hydrogen) atoms. The number of aliphatic carboxylic acids is 1. The minimum absolute atomic E-state index is 0.193. The molecule has 0 aliphatic carbocycles. The van der Waals surface area contributed by atoms with Gasteiger partial charge in [-0.05, 0) is 12.5 Å². The molecule has 0 fully saturated rings. The predicted octanol–water partition coefficient (Wildman–Crippen LogP) is -0.176. The number of hydrogen-bond donors (Lipinski definition) is 3. The summed E-state index contributed by atoms with van der Waals surface area (Å²) >= 11 is 0. The largest absolute Gasteiger partial charge is 0.478 e. The first kappa shape index (κ1) is 17.7. The van der Waals surface area contributed by atoms with Crippen molar-refractivity contribution in [1.29, 1.82) is 0 Å². The van der Waals surface area contributed by atoms with Gasteiger partial charge in [-0.3, -0.25) is 9.35 Å². The highest BCUT2D eigenvalue weighted by molar-refractivity contribution is 7.85. The molecule has 0 spiro atoms. The van der Waals surface area contributed by atoms with E-state index in [0.29, 0.717) is 0 Å². The monoisotopic (exact) mass is 265 g/mol. The van der Waals surface area contributed by atoms with Crippen LogP contribution in [0.15, 0.2) is 25.3 Å². The summed E-state index contributed by atoms with van der Waals surface area (Å²) in [4.78, 5) is 19.7. The van der Waals surface area contributed by atoms with Gasteiger partial charge in [-0.2, -0.15) is 8.42 Å². The predicted molar refractivity (Wildman–Crippen MR) is 62.1 cm³/mol. The Bertz CT molecular complexity index is 373. The number of amides is 1. The summed E-state index contributed by atoms with van der Waals surface area (Å²) < 4.78 is 28.6. The molecular weight excluding hydrogens is 250 g/mol. The third-order valence-electron chi connectivity index (χ3n) is 1.24. The highest BCUT2D eigenvalue weighted by atomic mass is 32.2. The molecule has 0 aromatic heterocycles. The topological polar surface area (TPSA) is 121 Å². The van der Waals surface area contributed by atoms with Crippen LogP contribution in [-0.4, -0.2) is 42.3 Å². The Morgan fingerprint density at radius 2 is 1.71 bits per heavy atom. The van der Waals surface area contributed by atoms with E-state index in [1.165, 1.54) is 0 Å². The lowest BCUT2D eigenvalue weighted by molar-refractivity contribution is -0.131. The lowest BCUT2D eigenvalue weighted by atomic mass is 10.4. The molecule has 7 nitrogen and oxygen atoms in total. The molecule has 0 heterocycles. The van der Waals surface area contributed by atoms with E-state index < -0.39 is 16.1 Å². The zero-order valence-corrected chi connectivity index (χ0v) is 9.94. The number of carboxylic acid groups (broad SMARTS) is 1. The fourth-order valence-corrected chi connectivity index (χ4v) is 1.05. The fraction of sp³-hybridized carbons (Fsp3) is 0.333. The van der Waals surface area contributed by atoms with E-state index in [4.69, 9.17) is 9.66 Å². The van der Waals surface area contributed by atoms with Crippen molar-refractivity contribution in [3.8, 4) is 0 Å². The van der Waals surface area contributed by atoms with Crippen LogP contribution in [0.3, 0.4) is 0 Å². The Labute approximate surface area is 99.6 Å². The van der Waals surface area contributed by atoms with Gasteiger partial charge in [0.25, 0.3) is 10.1 Å². The van der Waals surface area contributed by atoms with Gasteiger partial charge in [0.1, 0.15) is 0 Å². The van der Waals surface area contributed by atoms with Crippen LogP contribution < -0.4 is 5.32 Å². The maximum Gasteiger partial charge on any atom is 0.327 e. The molecule has 0 rings (SSSR count). The molecule has 0 aromatic rings. The first-order valence-electron chi connectivity index (χ1n) is 4.43. The Morgan fingerprint density at radius 1 is 1.24 bits per heavy atom. The van der Waals surface area contributed by atoms with Crippen LogP contribution in [-0.2, 0) is 19.7 Å². The number of carbonyl (C=O) groups is 2. The summed E-state index contributed by atoms with van der Waals surface area (Å²) in [6.07, 6.45) is 2.12. The highest BCUT2D eigenvalue weighted by Gasteiger charge is 2.03. The lowest BCUT2D eigenvalue weighted by Crippen LogP contribution is -2.23. The molecular formula is C9H15NO6S. The second-order valence-corrected chi connectivity index (χ2v) is 4.25. The first-order chi connectivity index (χ1) is 7.72. The van der Waals surface area contributed by atoms with Gasteiger partial charge >= 0.3 is 5.97 Å². The molecule has 0 unspecified atom stereocenters. The summed E-state index contributed by atoms with van der Waals surface area (Å²) in [5, 5.41) is 9.98. The molecule has 0 radical (unpaired) electrons. The molecule has 0 aliphatic heterocycles. The van der Waals surface area contributed by atoms with Crippen LogP contribution in [0.5, 0.6) is 0 Å².